The number of nitrogens with zero attached hydrogens (tertiary/aromatic N) is 4. The minimum absolute atomic E-state index is 0.0141. The molecule has 0 atom stereocenters. The van der Waals surface area contributed by atoms with Gasteiger partial charge in [-0.05, 0) is 31.2 Å². The number of halogens is 1. The number of nitrogens with one attached hydrogen (secondary N) is 1. The highest BCUT2D eigenvalue weighted by atomic mass is 35.5. The number of ether oxygens (including phenoxy) is 1. The largest absolute Gasteiger partial charge is 0.492 e. The lowest BCUT2D eigenvalue weighted by Crippen LogP contribution is -2.48. The summed E-state index contributed by atoms with van der Waals surface area (Å²) in [6.45, 7) is 4.70. The van der Waals surface area contributed by atoms with Gasteiger partial charge in [0.25, 0.3) is 5.91 Å². The molecule has 1 saturated heterocycles. The molecule has 1 aliphatic rings. The number of nitrogens with two attached hydrogens (primary N) is 1. The van der Waals surface area contributed by atoms with Gasteiger partial charge in [0, 0.05) is 31.7 Å². The summed E-state index contributed by atoms with van der Waals surface area (Å²) in [5, 5.41) is 7.15. The van der Waals surface area contributed by atoms with E-state index in [0.29, 0.717) is 49.1 Å². The molecule has 1 amide bonds. The van der Waals surface area contributed by atoms with Crippen molar-refractivity contribution in [1.29, 1.82) is 0 Å². The first-order chi connectivity index (χ1) is 12.7. The maximum atomic E-state index is 12.7. The molecule has 1 aromatic heterocycles. The van der Waals surface area contributed by atoms with E-state index in [4.69, 9.17) is 22.1 Å². The lowest BCUT2D eigenvalue weighted by Gasteiger charge is -2.34. The zero-order chi connectivity index (χ0) is 18.4. The van der Waals surface area contributed by atoms with E-state index in [1.165, 1.54) is 6.33 Å². The van der Waals surface area contributed by atoms with E-state index in [9.17, 15) is 4.79 Å². The molecular weight excluding hydrogens is 356 g/mol. The topological polar surface area (TPSA) is 100 Å². The fraction of sp³-hybridized carbons (Fsp3) is 0.471. The minimum Gasteiger partial charge on any atom is -0.492 e. The molecule has 0 saturated carbocycles. The Kier molecular flexibility index (Phi) is 6.43. The molecule has 1 aromatic carbocycles. The Hall–Kier alpha value is -2.16. The summed E-state index contributed by atoms with van der Waals surface area (Å²) in [6.07, 6.45) is 2.26. The number of rotatable bonds is 7. The van der Waals surface area contributed by atoms with Crippen molar-refractivity contribution in [2.24, 2.45) is 5.73 Å². The summed E-state index contributed by atoms with van der Waals surface area (Å²) in [5.41, 5.74) is 6.02. The zero-order valence-electron chi connectivity index (χ0n) is 14.5. The summed E-state index contributed by atoms with van der Waals surface area (Å²) in [6, 6.07) is 5.17. The van der Waals surface area contributed by atoms with Crippen molar-refractivity contribution in [3.05, 3.63) is 40.9 Å². The van der Waals surface area contributed by atoms with Gasteiger partial charge in [-0.3, -0.25) is 14.8 Å². The Morgan fingerprint density at radius 1 is 1.31 bits per heavy atom. The Labute approximate surface area is 157 Å². The van der Waals surface area contributed by atoms with Crippen LogP contribution >= 0.6 is 11.6 Å². The summed E-state index contributed by atoms with van der Waals surface area (Å²) in [4.78, 5) is 20.9. The second-order valence-corrected chi connectivity index (χ2v) is 6.54. The molecule has 0 unspecified atom stereocenters. The van der Waals surface area contributed by atoms with Gasteiger partial charge in [0.05, 0.1) is 18.2 Å². The van der Waals surface area contributed by atoms with Gasteiger partial charge < -0.3 is 15.4 Å². The van der Waals surface area contributed by atoms with Crippen molar-refractivity contribution in [1.82, 2.24) is 25.0 Å². The van der Waals surface area contributed by atoms with Crippen LogP contribution < -0.4 is 10.5 Å². The number of hydrogen-bond acceptors (Lipinski definition) is 6. The average Bonchev–Trinajstić information content (AvgIpc) is 3.16. The molecule has 2 aromatic rings. The number of benzene rings is 1. The van der Waals surface area contributed by atoms with E-state index >= 15 is 0 Å². The SMILES string of the molecule is NCCCOc1ccc(C(=O)N2CCN(Cc3ncn[nH]3)CC2)cc1Cl. The number of piperazine rings is 1. The Balaban J connectivity index is 1.54. The standard InChI is InChI=1S/C17H23ClN6O2/c18-14-10-13(2-3-15(14)26-9-1-4-19)17(25)24-7-5-23(6-8-24)11-16-20-12-21-22-16/h2-3,10,12H,1,4-9,11,19H2,(H,20,21,22). The highest BCUT2D eigenvalue weighted by Gasteiger charge is 2.23. The van der Waals surface area contributed by atoms with E-state index in [0.717, 1.165) is 25.3 Å². The summed E-state index contributed by atoms with van der Waals surface area (Å²) >= 11 is 6.24. The fourth-order valence-corrected chi connectivity index (χ4v) is 3.06. The van der Waals surface area contributed by atoms with Crippen molar-refractivity contribution >= 4 is 17.5 Å². The quantitative estimate of drug-likeness (QED) is 0.701. The third-order valence-corrected chi connectivity index (χ3v) is 4.58. The monoisotopic (exact) mass is 378 g/mol. The van der Waals surface area contributed by atoms with Crippen molar-refractivity contribution in [3.8, 4) is 5.75 Å². The van der Waals surface area contributed by atoms with Crippen LogP contribution in [0.2, 0.25) is 5.02 Å². The lowest BCUT2D eigenvalue weighted by atomic mass is 10.1. The third-order valence-electron chi connectivity index (χ3n) is 4.28. The van der Waals surface area contributed by atoms with E-state index in [-0.39, 0.29) is 5.91 Å². The molecule has 0 bridgehead atoms. The van der Waals surface area contributed by atoms with Crippen LogP contribution in [0.4, 0.5) is 0 Å². The molecule has 26 heavy (non-hydrogen) atoms. The van der Waals surface area contributed by atoms with Crippen LogP contribution in [-0.2, 0) is 6.54 Å². The third kappa shape index (κ3) is 4.72. The number of H-pyrrole nitrogens is 1. The molecule has 0 radical (unpaired) electrons. The lowest BCUT2D eigenvalue weighted by molar-refractivity contribution is 0.0625. The Bertz CT molecular complexity index is 716. The van der Waals surface area contributed by atoms with Gasteiger partial charge in [0.1, 0.15) is 17.9 Å². The van der Waals surface area contributed by atoms with Crippen LogP contribution in [0.5, 0.6) is 5.75 Å². The van der Waals surface area contributed by atoms with Crippen molar-refractivity contribution in [3.63, 3.8) is 0 Å². The average molecular weight is 379 g/mol. The number of aromatic nitrogens is 3. The summed E-state index contributed by atoms with van der Waals surface area (Å²) < 4.78 is 5.56. The minimum atomic E-state index is -0.0141. The zero-order valence-corrected chi connectivity index (χ0v) is 15.3. The predicted molar refractivity (Wildman–Crippen MR) is 98.2 cm³/mol. The van der Waals surface area contributed by atoms with Gasteiger partial charge in [-0.1, -0.05) is 11.6 Å². The first-order valence-corrected chi connectivity index (χ1v) is 9.03. The van der Waals surface area contributed by atoms with Crippen molar-refractivity contribution < 1.29 is 9.53 Å². The second kappa shape index (κ2) is 8.98. The molecule has 0 spiro atoms. The summed E-state index contributed by atoms with van der Waals surface area (Å²) in [7, 11) is 0. The molecule has 3 rings (SSSR count). The predicted octanol–water partition coefficient (Wildman–Crippen LogP) is 1.14. The van der Waals surface area contributed by atoms with Crippen molar-refractivity contribution in [2.45, 2.75) is 13.0 Å². The fourth-order valence-electron chi connectivity index (χ4n) is 2.83. The molecule has 1 fully saturated rings. The number of carbonyl (C=O) groups excluding carboxylic acids is 1. The number of carbonyl (C=O) groups is 1. The number of aromatic amines is 1. The number of hydrogen-bond donors (Lipinski definition) is 2. The second-order valence-electron chi connectivity index (χ2n) is 6.14. The molecular formula is C17H23ClN6O2. The molecule has 9 heteroatoms. The Morgan fingerprint density at radius 3 is 2.77 bits per heavy atom. The van der Waals surface area contributed by atoms with Gasteiger partial charge in [0.15, 0.2) is 0 Å². The van der Waals surface area contributed by atoms with E-state index in [1.54, 1.807) is 18.2 Å². The van der Waals surface area contributed by atoms with Gasteiger partial charge in [-0.25, -0.2) is 4.98 Å². The van der Waals surface area contributed by atoms with E-state index in [2.05, 4.69) is 20.1 Å². The first-order valence-electron chi connectivity index (χ1n) is 8.65. The molecule has 0 aliphatic carbocycles. The van der Waals surface area contributed by atoms with Crippen LogP contribution in [0.3, 0.4) is 0 Å². The van der Waals surface area contributed by atoms with Crippen molar-refractivity contribution in [2.75, 3.05) is 39.3 Å². The van der Waals surface area contributed by atoms with Gasteiger partial charge in [0.2, 0.25) is 0 Å². The number of amides is 1. The molecule has 8 nitrogen and oxygen atoms in total. The molecule has 3 N–H and O–H groups in total. The van der Waals surface area contributed by atoms with Crippen LogP contribution in [0, 0.1) is 0 Å². The van der Waals surface area contributed by atoms with Crippen LogP contribution in [0.1, 0.15) is 22.6 Å². The highest BCUT2D eigenvalue weighted by Crippen LogP contribution is 2.26. The van der Waals surface area contributed by atoms with Gasteiger partial charge >= 0.3 is 0 Å². The van der Waals surface area contributed by atoms with Gasteiger partial charge in [-0.15, -0.1) is 0 Å². The van der Waals surface area contributed by atoms with Crippen LogP contribution in [0.15, 0.2) is 24.5 Å². The first kappa shape index (κ1) is 18.6. The Morgan fingerprint density at radius 2 is 2.12 bits per heavy atom. The van der Waals surface area contributed by atoms with E-state index < -0.39 is 0 Å². The van der Waals surface area contributed by atoms with Gasteiger partial charge in [-0.2, -0.15) is 5.10 Å². The van der Waals surface area contributed by atoms with E-state index in [1.807, 2.05) is 4.90 Å². The molecule has 2 heterocycles. The summed E-state index contributed by atoms with van der Waals surface area (Å²) in [5.74, 6) is 1.40. The maximum absolute atomic E-state index is 12.7. The normalized spacial score (nSPS) is 15.2. The highest BCUT2D eigenvalue weighted by molar-refractivity contribution is 6.32. The molecule has 1 aliphatic heterocycles. The maximum Gasteiger partial charge on any atom is 0.253 e. The smallest absolute Gasteiger partial charge is 0.253 e. The van der Waals surface area contributed by atoms with Crippen LogP contribution in [-0.4, -0.2) is 70.2 Å². The van der Waals surface area contributed by atoms with Crippen LogP contribution in [0.25, 0.3) is 0 Å². The molecule has 140 valence electrons.